The molecule has 0 fully saturated rings. The maximum absolute atomic E-state index is 13.1. The molecule has 4 rings (SSSR count). The van der Waals surface area contributed by atoms with Crippen LogP contribution in [0.1, 0.15) is 66.7 Å². The molecule has 0 aliphatic heterocycles. The summed E-state index contributed by atoms with van der Waals surface area (Å²) in [6.45, 7) is 13.8. The van der Waals surface area contributed by atoms with Gasteiger partial charge in [0.1, 0.15) is 0 Å². The lowest BCUT2D eigenvalue weighted by Crippen LogP contribution is -2.30. The molecular weight excluding hydrogens is 428 g/mol. The third-order valence-electron chi connectivity index (χ3n) is 6.94. The van der Waals surface area contributed by atoms with Gasteiger partial charge in [0.2, 0.25) is 0 Å². The predicted octanol–water partition coefficient (Wildman–Crippen LogP) is 7.47. The van der Waals surface area contributed by atoms with E-state index < -0.39 is 0 Å². The van der Waals surface area contributed by atoms with Crippen LogP contribution in [-0.4, -0.2) is 28.3 Å². The molecule has 0 saturated carbocycles. The molecular formula is C32H38N2O. The summed E-state index contributed by atoms with van der Waals surface area (Å²) in [6.07, 6.45) is 10.6. The van der Waals surface area contributed by atoms with E-state index in [1.165, 1.54) is 33.2 Å². The van der Waals surface area contributed by atoms with Crippen molar-refractivity contribution in [2.24, 2.45) is 0 Å². The minimum absolute atomic E-state index is 0.300. The van der Waals surface area contributed by atoms with Crippen LogP contribution in [0.15, 0.2) is 85.0 Å². The van der Waals surface area contributed by atoms with Crippen LogP contribution in [0.3, 0.4) is 0 Å². The number of rotatable bonds is 10. The highest BCUT2D eigenvalue weighted by Gasteiger charge is 2.26. The minimum atomic E-state index is 0.300. The molecule has 1 aliphatic carbocycles. The number of fused-ring (bicyclic) bond motifs is 3. The summed E-state index contributed by atoms with van der Waals surface area (Å²) < 4.78 is 2.31. The van der Waals surface area contributed by atoms with Gasteiger partial charge in [-0.3, -0.25) is 9.69 Å². The van der Waals surface area contributed by atoms with Crippen LogP contribution in [0.4, 0.5) is 0 Å². The SMILES string of the molecule is C=CC=CC=C(C)CN(CCn1c2c(c3cc(C(C)C)ccc31)CCCC2=O)Cc1ccccc1. The Kier molecular flexibility index (Phi) is 8.20. The van der Waals surface area contributed by atoms with Crippen molar-refractivity contribution in [1.82, 2.24) is 9.47 Å². The van der Waals surface area contributed by atoms with Crippen molar-refractivity contribution in [3.63, 3.8) is 0 Å². The lowest BCUT2D eigenvalue weighted by molar-refractivity contribution is 0.0962. The van der Waals surface area contributed by atoms with E-state index in [2.05, 4.69) is 91.4 Å². The molecule has 35 heavy (non-hydrogen) atoms. The monoisotopic (exact) mass is 466 g/mol. The van der Waals surface area contributed by atoms with E-state index in [1.807, 2.05) is 12.2 Å². The number of allylic oxidation sites excluding steroid dienone is 4. The molecule has 0 bridgehead atoms. The number of benzene rings is 2. The Bertz CT molecular complexity index is 1240. The molecule has 1 aromatic heterocycles. The molecule has 0 N–H and O–H groups in total. The topological polar surface area (TPSA) is 25.2 Å². The molecule has 0 spiro atoms. The summed E-state index contributed by atoms with van der Waals surface area (Å²) in [5.41, 5.74) is 7.37. The Morgan fingerprint density at radius 2 is 1.91 bits per heavy atom. The lowest BCUT2D eigenvalue weighted by atomic mass is 9.93. The predicted molar refractivity (Wildman–Crippen MR) is 148 cm³/mol. The zero-order valence-corrected chi connectivity index (χ0v) is 21.5. The molecule has 182 valence electrons. The van der Waals surface area contributed by atoms with E-state index in [0.29, 0.717) is 18.1 Å². The number of carbonyl (C=O) groups is 1. The summed E-state index contributed by atoms with van der Waals surface area (Å²) in [5, 5.41) is 1.28. The van der Waals surface area contributed by atoms with Gasteiger partial charge in [-0.25, -0.2) is 0 Å². The van der Waals surface area contributed by atoms with E-state index in [4.69, 9.17) is 0 Å². The van der Waals surface area contributed by atoms with Crippen LogP contribution in [0, 0.1) is 0 Å². The van der Waals surface area contributed by atoms with E-state index in [-0.39, 0.29) is 0 Å². The number of hydrogen-bond donors (Lipinski definition) is 0. The largest absolute Gasteiger partial charge is 0.337 e. The molecule has 3 aromatic rings. The maximum Gasteiger partial charge on any atom is 0.179 e. The number of nitrogens with zero attached hydrogens (tertiary/aromatic N) is 2. The second-order valence-electron chi connectivity index (χ2n) is 10.0. The number of aromatic nitrogens is 1. The van der Waals surface area contributed by atoms with Gasteiger partial charge in [-0.15, -0.1) is 0 Å². The van der Waals surface area contributed by atoms with Crippen LogP contribution in [-0.2, 0) is 19.5 Å². The first-order valence-electron chi connectivity index (χ1n) is 12.9. The van der Waals surface area contributed by atoms with Gasteiger partial charge in [0.05, 0.1) is 5.69 Å². The van der Waals surface area contributed by atoms with Crippen molar-refractivity contribution in [2.45, 2.75) is 59.0 Å². The first-order valence-corrected chi connectivity index (χ1v) is 12.9. The van der Waals surface area contributed by atoms with E-state index in [9.17, 15) is 4.79 Å². The highest BCUT2D eigenvalue weighted by Crippen LogP contribution is 2.34. The molecule has 3 nitrogen and oxygen atoms in total. The average molecular weight is 467 g/mol. The summed E-state index contributed by atoms with van der Waals surface area (Å²) in [5.74, 6) is 0.776. The van der Waals surface area contributed by atoms with E-state index in [0.717, 1.165) is 44.7 Å². The normalized spacial score (nSPS) is 14.4. The lowest BCUT2D eigenvalue weighted by Gasteiger charge is -2.24. The minimum Gasteiger partial charge on any atom is -0.337 e. The van der Waals surface area contributed by atoms with Gasteiger partial charge in [-0.1, -0.05) is 86.7 Å². The fraction of sp³-hybridized carbons (Fsp3) is 0.344. The number of aryl methyl sites for hydroxylation is 1. The average Bonchev–Trinajstić information content (AvgIpc) is 3.17. The maximum atomic E-state index is 13.1. The Morgan fingerprint density at radius 3 is 2.66 bits per heavy atom. The van der Waals surface area contributed by atoms with Crippen LogP contribution in [0.5, 0.6) is 0 Å². The van der Waals surface area contributed by atoms with Gasteiger partial charge in [-0.2, -0.15) is 0 Å². The summed E-state index contributed by atoms with van der Waals surface area (Å²) in [6, 6.07) is 17.4. The molecule has 1 heterocycles. The molecule has 0 amide bonds. The van der Waals surface area contributed by atoms with Gasteiger partial charge in [0.15, 0.2) is 5.78 Å². The van der Waals surface area contributed by atoms with Gasteiger partial charge in [-0.05, 0) is 54.5 Å². The summed E-state index contributed by atoms with van der Waals surface area (Å²) in [7, 11) is 0. The molecule has 0 saturated heterocycles. The first kappa shape index (κ1) is 24.9. The molecule has 0 atom stereocenters. The smallest absolute Gasteiger partial charge is 0.179 e. The first-order chi connectivity index (χ1) is 17.0. The van der Waals surface area contributed by atoms with Crippen LogP contribution < -0.4 is 0 Å². The second kappa shape index (κ2) is 11.5. The molecule has 3 heteroatoms. The second-order valence-corrected chi connectivity index (χ2v) is 10.0. The van der Waals surface area contributed by atoms with Crippen molar-refractivity contribution in [1.29, 1.82) is 0 Å². The van der Waals surface area contributed by atoms with Gasteiger partial charge in [0, 0.05) is 43.5 Å². The Balaban J connectivity index is 1.65. The molecule has 0 unspecified atom stereocenters. The Hall–Kier alpha value is -3.17. The third kappa shape index (κ3) is 5.91. The standard InChI is InChI=1S/C32H38N2O/c1-5-6-8-12-25(4)22-33(23-26-13-9-7-10-14-26)19-20-34-30-18-17-27(24(2)3)21-29(30)28-15-11-16-31(35)32(28)34/h5-10,12-14,17-18,21,24H,1,11,15-16,19-20,22-23H2,2-4H3. The van der Waals surface area contributed by atoms with E-state index in [1.54, 1.807) is 6.08 Å². The summed E-state index contributed by atoms with van der Waals surface area (Å²) >= 11 is 0. The van der Waals surface area contributed by atoms with Crippen molar-refractivity contribution in [3.05, 3.63) is 107 Å². The number of Topliss-reactive ketones (excluding diaryl/α,β-unsaturated/α-hetero) is 1. The van der Waals surface area contributed by atoms with Crippen molar-refractivity contribution < 1.29 is 4.79 Å². The number of ketones is 1. The van der Waals surface area contributed by atoms with Crippen molar-refractivity contribution >= 4 is 16.7 Å². The Labute approximate surface area is 210 Å². The zero-order valence-electron chi connectivity index (χ0n) is 21.5. The van der Waals surface area contributed by atoms with Crippen LogP contribution in [0.25, 0.3) is 10.9 Å². The van der Waals surface area contributed by atoms with Gasteiger partial charge >= 0.3 is 0 Å². The summed E-state index contributed by atoms with van der Waals surface area (Å²) in [4.78, 5) is 15.6. The number of hydrogen-bond acceptors (Lipinski definition) is 2. The fourth-order valence-electron chi connectivity index (χ4n) is 5.15. The highest BCUT2D eigenvalue weighted by atomic mass is 16.1. The van der Waals surface area contributed by atoms with E-state index >= 15 is 0 Å². The Morgan fingerprint density at radius 1 is 1.11 bits per heavy atom. The van der Waals surface area contributed by atoms with Gasteiger partial charge < -0.3 is 4.57 Å². The van der Waals surface area contributed by atoms with Crippen molar-refractivity contribution in [2.75, 3.05) is 13.1 Å². The van der Waals surface area contributed by atoms with Crippen molar-refractivity contribution in [3.8, 4) is 0 Å². The molecule has 1 aliphatic rings. The highest BCUT2D eigenvalue weighted by molar-refractivity contribution is 6.04. The van der Waals surface area contributed by atoms with Crippen LogP contribution >= 0.6 is 0 Å². The quantitative estimate of drug-likeness (QED) is 0.290. The fourth-order valence-corrected chi connectivity index (χ4v) is 5.15. The van der Waals surface area contributed by atoms with Crippen LogP contribution in [0.2, 0.25) is 0 Å². The zero-order chi connectivity index (χ0) is 24.8. The third-order valence-corrected chi connectivity index (χ3v) is 6.94. The number of carbonyl (C=O) groups excluding carboxylic acids is 1. The van der Waals surface area contributed by atoms with Gasteiger partial charge in [0.25, 0.3) is 0 Å². The molecule has 0 radical (unpaired) electrons. The molecule has 2 aromatic carbocycles.